The van der Waals surface area contributed by atoms with E-state index in [1.807, 2.05) is 18.2 Å². The van der Waals surface area contributed by atoms with Crippen LogP contribution in [-0.4, -0.2) is 37.9 Å². The molecule has 108 valence electrons. The van der Waals surface area contributed by atoms with Gasteiger partial charge in [-0.25, -0.2) is 4.79 Å². The van der Waals surface area contributed by atoms with E-state index in [4.69, 9.17) is 9.84 Å². The van der Waals surface area contributed by atoms with Gasteiger partial charge >= 0.3 is 5.97 Å². The molecule has 1 aliphatic rings. The van der Waals surface area contributed by atoms with Gasteiger partial charge in [0.15, 0.2) is 0 Å². The van der Waals surface area contributed by atoms with Crippen molar-refractivity contribution in [2.45, 2.75) is 6.42 Å². The molecule has 0 aromatic heterocycles. The van der Waals surface area contributed by atoms with Crippen molar-refractivity contribution < 1.29 is 14.6 Å². The second kappa shape index (κ2) is 6.90. The number of hydrogen-bond acceptors (Lipinski definition) is 3. The number of carbonyl (C=O) groups is 1. The van der Waals surface area contributed by atoms with Gasteiger partial charge in [0.2, 0.25) is 0 Å². The number of carboxylic acid groups (broad SMARTS) is 1. The van der Waals surface area contributed by atoms with Crippen LogP contribution >= 0.6 is 15.9 Å². The molecule has 1 aromatic carbocycles. The van der Waals surface area contributed by atoms with Crippen molar-refractivity contribution >= 4 is 33.7 Å². The van der Waals surface area contributed by atoms with E-state index in [0.29, 0.717) is 5.92 Å². The number of rotatable bonds is 5. The smallest absolute Gasteiger partial charge is 0.328 e. The van der Waals surface area contributed by atoms with E-state index in [0.717, 1.165) is 41.8 Å². The third kappa shape index (κ3) is 3.84. The molecule has 0 spiro atoms. The average Bonchev–Trinajstić information content (AvgIpc) is 2.85. The summed E-state index contributed by atoms with van der Waals surface area (Å²) in [4.78, 5) is 13.0. The molecule has 1 unspecified atom stereocenters. The lowest BCUT2D eigenvalue weighted by Gasteiger charge is -2.21. The second-order valence-electron chi connectivity index (χ2n) is 4.93. The van der Waals surface area contributed by atoms with Crippen LogP contribution in [0.3, 0.4) is 0 Å². The number of hydrogen-bond donors (Lipinski definition) is 1. The summed E-state index contributed by atoms with van der Waals surface area (Å²) in [5.74, 6) is -0.394. The van der Waals surface area contributed by atoms with E-state index in [9.17, 15) is 4.79 Å². The Morgan fingerprint density at radius 2 is 2.40 bits per heavy atom. The van der Waals surface area contributed by atoms with Crippen molar-refractivity contribution in [2.24, 2.45) is 5.92 Å². The maximum Gasteiger partial charge on any atom is 0.328 e. The zero-order chi connectivity index (χ0) is 14.5. The molecule has 1 N–H and O–H groups in total. The van der Waals surface area contributed by atoms with Crippen LogP contribution < -0.4 is 4.90 Å². The van der Waals surface area contributed by atoms with Gasteiger partial charge in [-0.3, -0.25) is 0 Å². The van der Waals surface area contributed by atoms with Gasteiger partial charge < -0.3 is 14.7 Å². The third-order valence-electron chi connectivity index (χ3n) is 3.42. The second-order valence-corrected chi connectivity index (χ2v) is 5.85. The Kier molecular flexibility index (Phi) is 5.20. The maximum absolute atomic E-state index is 10.7. The molecule has 1 aromatic rings. The predicted molar refractivity (Wildman–Crippen MR) is 83.0 cm³/mol. The lowest BCUT2D eigenvalue weighted by Crippen LogP contribution is -2.21. The van der Waals surface area contributed by atoms with E-state index in [2.05, 4.69) is 20.8 Å². The normalized spacial score (nSPS) is 18.9. The van der Waals surface area contributed by atoms with E-state index in [-0.39, 0.29) is 0 Å². The van der Waals surface area contributed by atoms with Crippen molar-refractivity contribution in [3.8, 4) is 0 Å². The summed E-state index contributed by atoms with van der Waals surface area (Å²) in [6, 6.07) is 5.95. The minimum Gasteiger partial charge on any atom is -0.478 e. The van der Waals surface area contributed by atoms with Crippen molar-refractivity contribution in [1.82, 2.24) is 0 Å². The summed E-state index contributed by atoms with van der Waals surface area (Å²) in [5.41, 5.74) is 1.99. The summed E-state index contributed by atoms with van der Waals surface area (Å²) >= 11 is 3.43. The summed E-state index contributed by atoms with van der Waals surface area (Å²) < 4.78 is 6.16. The maximum atomic E-state index is 10.7. The average molecular weight is 340 g/mol. The summed E-state index contributed by atoms with van der Waals surface area (Å²) in [5, 5.41) is 8.78. The highest BCUT2D eigenvalue weighted by Crippen LogP contribution is 2.30. The largest absolute Gasteiger partial charge is 0.478 e. The zero-order valence-electron chi connectivity index (χ0n) is 11.4. The van der Waals surface area contributed by atoms with Gasteiger partial charge in [-0.05, 0) is 36.3 Å². The van der Waals surface area contributed by atoms with E-state index in [1.165, 1.54) is 6.08 Å². The zero-order valence-corrected chi connectivity index (χ0v) is 13.0. The molecule has 1 saturated heterocycles. The number of halogens is 1. The Hall–Kier alpha value is -1.33. The van der Waals surface area contributed by atoms with E-state index < -0.39 is 5.97 Å². The Bertz CT molecular complexity index is 516. The van der Waals surface area contributed by atoms with Crippen LogP contribution in [-0.2, 0) is 9.53 Å². The molecular formula is C15H18BrNO3. The molecular weight excluding hydrogens is 322 g/mol. The number of nitrogens with zero attached hydrogens (tertiary/aromatic N) is 1. The highest BCUT2D eigenvalue weighted by atomic mass is 79.9. The number of aliphatic carboxylic acids is 1. The number of anilines is 1. The van der Waals surface area contributed by atoms with Gasteiger partial charge in [0.1, 0.15) is 0 Å². The monoisotopic (exact) mass is 339 g/mol. The number of carboxylic acids is 1. The lowest BCUT2D eigenvalue weighted by atomic mass is 10.1. The number of ether oxygens (including phenoxy) is 1. The van der Waals surface area contributed by atoms with Crippen LogP contribution in [0.5, 0.6) is 0 Å². The Morgan fingerprint density at radius 3 is 3.10 bits per heavy atom. The summed E-state index contributed by atoms with van der Waals surface area (Å²) in [6.07, 6.45) is 3.92. The van der Waals surface area contributed by atoms with Crippen LogP contribution in [0.15, 0.2) is 28.7 Å². The minimum atomic E-state index is -0.936. The van der Waals surface area contributed by atoms with Gasteiger partial charge in [0, 0.05) is 42.4 Å². The van der Waals surface area contributed by atoms with E-state index >= 15 is 0 Å². The summed E-state index contributed by atoms with van der Waals surface area (Å²) in [6.45, 7) is 2.69. The topological polar surface area (TPSA) is 49.8 Å². The third-order valence-corrected chi connectivity index (χ3v) is 3.92. The molecule has 0 bridgehead atoms. The van der Waals surface area contributed by atoms with Crippen molar-refractivity contribution in [1.29, 1.82) is 0 Å². The van der Waals surface area contributed by atoms with Crippen LogP contribution in [0.25, 0.3) is 6.08 Å². The molecule has 1 aliphatic heterocycles. The molecule has 0 saturated carbocycles. The SMILES string of the molecule is COCC1CCN(c2ccc(Br)cc2/C=C/C(=O)O)C1. The highest BCUT2D eigenvalue weighted by Gasteiger charge is 2.23. The molecule has 5 heteroatoms. The molecule has 0 aliphatic carbocycles. The van der Waals surface area contributed by atoms with Crippen LogP contribution in [0, 0.1) is 5.92 Å². The highest BCUT2D eigenvalue weighted by molar-refractivity contribution is 9.10. The first-order valence-electron chi connectivity index (χ1n) is 6.54. The Balaban J connectivity index is 2.21. The van der Waals surface area contributed by atoms with Gasteiger partial charge in [-0.15, -0.1) is 0 Å². The molecule has 20 heavy (non-hydrogen) atoms. The number of benzene rings is 1. The molecule has 4 nitrogen and oxygen atoms in total. The van der Waals surface area contributed by atoms with E-state index in [1.54, 1.807) is 13.2 Å². The Labute approximate surface area is 127 Å². The van der Waals surface area contributed by atoms with Crippen molar-refractivity contribution in [3.63, 3.8) is 0 Å². The fraction of sp³-hybridized carbons (Fsp3) is 0.400. The van der Waals surface area contributed by atoms with Crippen molar-refractivity contribution in [3.05, 3.63) is 34.3 Å². The molecule has 0 radical (unpaired) electrons. The minimum absolute atomic E-state index is 0.542. The van der Waals surface area contributed by atoms with Crippen molar-refractivity contribution in [2.75, 3.05) is 31.7 Å². The van der Waals surface area contributed by atoms with Gasteiger partial charge in [-0.1, -0.05) is 15.9 Å². The van der Waals surface area contributed by atoms with Gasteiger partial charge in [0.05, 0.1) is 6.61 Å². The molecule has 1 heterocycles. The first-order chi connectivity index (χ1) is 9.60. The van der Waals surface area contributed by atoms with Gasteiger partial charge in [0.25, 0.3) is 0 Å². The van der Waals surface area contributed by atoms with Gasteiger partial charge in [-0.2, -0.15) is 0 Å². The first-order valence-corrected chi connectivity index (χ1v) is 7.34. The quantitative estimate of drug-likeness (QED) is 0.837. The van der Waals surface area contributed by atoms with Crippen LogP contribution in [0.4, 0.5) is 5.69 Å². The molecule has 1 atom stereocenters. The fourth-order valence-corrected chi connectivity index (χ4v) is 2.91. The van der Waals surface area contributed by atoms with Crippen LogP contribution in [0.2, 0.25) is 0 Å². The lowest BCUT2D eigenvalue weighted by molar-refractivity contribution is -0.131. The predicted octanol–water partition coefficient (Wildman–Crippen LogP) is 3.02. The molecule has 0 amide bonds. The molecule has 2 rings (SSSR count). The Morgan fingerprint density at radius 1 is 1.60 bits per heavy atom. The first kappa shape index (κ1) is 15.1. The fourth-order valence-electron chi connectivity index (χ4n) is 2.53. The summed E-state index contributed by atoms with van der Waals surface area (Å²) in [7, 11) is 1.73. The van der Waals surface area contributed by atoms with Crippen LogP contribution in [0.1, 0.15) is 12.0 Å². The number of methoxy groups -OCH3 is 1. The molecule has 1 fully saturated rings. The standard InChI is InChI=1S/C15H18BrNO3/c1-20-10-11-6-7-17(9-11)14-4-3-13(16)8-12(14)2-5-15(18)19/h2-5,8,11H,6-7,9-10H2,1H3,(H,18,19)/b5-2+.